The van der Waals surface area contributed by atoms with Gasteiger partial charge in [0.05, 0.1) is 12.4 Å². The van der Waals surface area contributed by atoms with Crippen molar-refractivity contribution in [2.24, 2.45) is 5.92 Å². The molecule has 2 aromatic rings. The van der Waals surface area contributed by atoms with Gasteiger partial charge in [0.2, 0.25) is 11.9 Å². The molecule has 0 spiro atoms. The summed E-state index contributed by atoms with van der Waals surface area (Å²) in [7, 11) is -1.03. The first-order valence-electron chi connectivity index (χ1n) is 17.1. The molecule has 256 valence electrons. The molecule has 13 heteroatoms. The predicted octanol–water partition coefficient (Wildman–Crippen LogP) is 3.58. The van der Waals surface area contributed by atoms with Crippen molar-refractivity contribution < 1.29 is 27.5 Å². The summed E-state index contributed by atoms with van der Waals surface area (Å²) in [5, 5.41) is 3.52. The van der Waals surface area contributed by atoms with E-state index in [2.05, 4.69) is 26.2 Å². The SMILES string of the molecule is CN1CCC[C@H]1C(=O)OC1CCN(C(=O)C2CCC(Nc3nccc(N4CCc5c(OCCCS(C)(=O)=O)cccc54)n3)CC2)CC1. The maximum atomic E-state index is 13.4. The number of aromatic nitrogens is 2. The highest BCUT2D eigenvalue weighted by molar-refractivity contribution is 7.90. The monoisotopic (exact) mass is 668 g/mol. The molecule has 1 aromatic carbocycles. The molecular formula is C34H48N6O6S. The minimum atomic E-state index is -3.01. The summed E-state index contributed by atoms with van der Waals surface area (Å²) in [5.41, 5.74) is 2.14. The topological polar surface area (TPSA) is 134 Å². The van der Waals surface area contributed by atoms with Crippen LogP contribution in [0.3, 0.4) is 0 Å². The zero-order valence-electron chi connectivity index (χ0n) is 27.6. The van der Waals surface area contributed by atoms with Crippen molar-refractivity contribution in [2.45, 2.75) is 82.4 Å². The highest BCUT2D eigenvalue weighted by Crippen LogP contribution is 2.39. The van der Waals surface area contributed by atoms with Gasteiger partial charge >= 0.3 is 5.97 Å². The highest BCUT2D eigenvalue weighted by Gasteiger charge is 2.35. The number of sulfone groups is 1. The van der Waals surface area contributed by atoms with Gasteiger partial charge < -0.3 is 24.6 Å². The first-order valence-corrected chi connectivity index (χ1v) is 19.2. The van der Waals surface area contributed by atoms with Crippen LogP contribution >= 0.6 is 0 Å². The Balaban J connectivity index is 0.961. The molecule has 0 radical (unpaired) electrons. The van der Waals surface area contributed by atoms with Crippen LogP contribution in [0.15, 0.2) is 30.5 Å². The number of hydrogen-bond acceptors (Lipinski definition) is 11. The third-order valence-electron chi connectivity index (χ3n) is 10.1. The first-order chi connectivity index (χ1) is 22.6. The minimum absolute atomic E-state index is 0.0235. The summed E-state index contributed by atoms with van der Waals surface area (Å²) in [5.74, 6) is 2.43. The number of piperidine rings is 1. The molecule has 47 heavy (non-hydrogen) atoms. The van der Waals surface area contributed by atoms with Crippen molar-refractivity contribution in [3.05, 3.63) is 36.0 Å². The van der Waals surface area contributed by atoms with Crippen molar-refractivity contribution in [3.8, 4) is 5.75 Å². The molecule has 3 aliphatic heterocycles. The van der Waals surface area contributed by atoms with E-state index in [9.17, 15) is 18.0 Å². The molecule has 3 fully saturated rings. The molecule has 2 saturated heterocycles. The third kappa shape index (κ3) is 8.35. The Labute approximate surface area is 278 Å². The number of nitrogens with zero attached hydrogens (tertiary/aromatic N) is 5. The number of likely N-dealkylation sites (N-methyl/N-ethyl adjacent to an activating group) is 1. The Hall–Kier alpha value is -3.45. The second kappa shape index (κ2) is 14.8. The maximum Gasteiger partial charge on any atom is 0.323 e. The third-order valence-corrected chi connectivity index (χ3v) is 11.1. The van der Waals surface area contributed by atoms with Crippen LogP contribution in [-0.2, 0) is 30.6 Å². The standard InChI is InChI=1S/C34H48N6O6S/c1-38-18-4-7-29(38)33(42)46-26-14-19-39(20-15-26)32(41)24-9-11-25(12-10-24)36-34-35-17-13-31(37-34)40-21-16-27-28(40)6-3-8-30(27)45-22-5-23-47(2,43)44/h3,6,8,13,17,24-26,29H,4-5,7,9-12,14-16,18-23H2,1-2H3,(H,35,36,37)/t24?,25?,29-/m0/s1. The van der Waals surface area contributed by atoms with Gasteiger partial charge in [0.25, 0.3) is 0 Å². The highest BCUT2D eigenvalue weighted by atomic mass is 32.2. The molecule has 4 aliphatic rings. The second-order valence-corrected chi connectivity index (χ2v) is 15.8. The van der Waals surface area contributed by atoms with E-state index in [0.29, 0.717) is 44.9 Å². The van der Waals surface area contributed by atoms with Crippen molar-refractivity contribution in [3.63, 3.8) is 0 Å². The van der Waals surface area contributed by atoms with Crippen LogP contribution in [0.5, 0.6) is 5.75 Å². The number of ether oxygens (including phenoxy) is 2. The van der Waals surface area contributed by atoms with Crippen molar-refractivity contribution >= 4 is 39.2 Å². The average molecular weight is 669 g/mol. The Morgan fingerprint density at radius 3 is 2.51 bits per heavy atom. The van der Waals surface area contributed by atoms with Gasteiger partial charge in [-0.05, 0) is 83.2 Å². The number of rotatable bonds is 11. The summed E-state index contributed by atoms with van der Waals surface area (Å²) in [6.07, 6.45) is 10.9. The molecule has 1 aliphatic carbocycles. The predicted molar refractivity (Wildman–Crippen MR) is 180 cm³/mol. The number of benzene rings is 1. The van der Waals surface area contributed by atoms with Crippen LogP contribution in [0.2, 0.25) is 0 Å². The number of nitrogens with one attached hydrogen (secondary N) is 1. The molecular weight excluding hydrogens is 620 g/mol. The summed E-state index contributed by atoms with van der Waals surface area (Å²) < 4.78 is 34.7. The molecule has 4 heterocycles. The van der Waals surface area contributed by atoms with Crippen LogP contribution < -0.4 is 15.0 Å². The number of amides is 1. The van der Waals surface area contributed by atoms with E-state index in [1.165, 1.54) is 6.26 Å². The molecule has 1 saturated carbocycles. The molecule has 1 amide bonds. The normalized spacial score (nSPS) is 23.8. The van der Waals surface area contributed by atoms with E-state index in [1.54, 1.807) is 6.20 Å². The molecule has 1 atom stereocenters. The lowest BCUT2D eigenvalue weighted by molar-refractivity contribution is -0.157. The smallest absolute Gasteiger partial charge is 0.323 e. The van der Waals surface area contributed by atoms with Crippen LogP contribution in [0.25, 0.3) is 0 Å². The van der Waals surface area contributed by atoms with E-state index >= 15 is 0 Å². The zero-order valence-corrected chi connectivity index (χ0v) is 28.4. The Morgan fingerprint density at radius 1 is 1.00 bits per heavy atom. The fraction of sp³-hybridized carbons (Fsp3) is 0.647. The van der Waals surface area contributed by atoms with Gasteiger partial charge in [-0.25, -0.2) is 13.4 Å². The second-order valence-electron chi connectivity index (χ2n) is 13.5. The number of likely N-dealkylation sites (tertiary alicyclic amines) is 2. The van der Waals surface area contributed by atoms with Gasteiger partial charge in [0.1, 0.15) is 33.6 Å². The summed E-state index contributed by atoms with van der Waals surface area (Å²) in [6.45, 7) is 3.35. The number of hydrogen-bond donors (Lipinski definition) is 1. The van der Waals surface area contributed by atoms with Crippen LogP contribution in [-0.4, -0.2) is 110 Å². The van der Waals surface area contributed by atoms with E-state index in [4.69, 9.17) is 14.5 Å². The van der Waals surface area contributed by atoms with Crippen LogP contribution in [0.1, 0.15) is 63.4 Å². The lowest BCUT2D eigenvalue weighted by atomic mass is 9.85. The fourth-order valence-electron chi connectivity index (χ4n) is 7.42. The molecule has 6 rings (SSSR count). The largest absolute Gasteiger partial charge is 0.493 e. The van der Waals surface area contributed by atoms with Gasteiger partial charge in [-0.2, -0.15) is 4.98 Å². The van der Waals surface area contributed by atoms with Crippen molar-refractivity contribution in [1.29, 1.82) is 0 Å². The molecule has 0 unspecified atom stereocenters. The van der Waals surface area contributed by atoms with E-state index in [-0.39, 0.29) is 41.7 Å². The molecule has 0 bridgehead atoms. The average Bonchev–Trinajstić information content (AvgIpc) is 3.70. The quantitative estimate of drug-likeness (QED) is 0.278. The summed E-state index contributed by atoms with van der Waals surface area (Å²) in [4.78, 5) is 41.5. The summed E-state index contributed by atoms with van der Waals surface area (Å²) in [6, 6.07) is 7.94. The Bertz CT molecular complexity index is 1520. The Kier molecular flexibility index (Phi) is 10.5. The van der Waals surface area contributed by atoms with Gasteiger partial charge in [-0.15, -0.1) is 0 Å². The Morgan fingerprint density at radius 2 is 1.79 bits per heavy atom. The number of anilines is 3. The van der Waals surface area contributed by atoms with Gasteiger partial charge in [0.15, 0.2) is 0 Å². The molecule has 12 nitrogen and oxygen atoms in total. The van der Waals surface area contributed by atoms with Crippen LogP contribution in [0, 0.1) is 5.92 Å². The number of fused-ring (bicyclic) bond motifs is 1. The maximum absolute atomic E-state index is 13.4. The summed E-state index contributed by atoms with van der Waals surface area (Å²) >= 11 is 0. The zero-order chi connectivity index (χ0) is 33.0. The minimum Gasteiger partial charge on any atom is -0.493 e. The van der Waals surface area contributed by atoms with E-state index in [1.807, 2.05) is 30.1 Å². The molecule has 1 N–H and O–H groups in total. The number of carbonyl (C=O) groups is 2. The van der Waals surface area contributed by atoms with Gasteiger partial charge in [0, 0.05) is 68.1 Å². The van der Waals surface area contributed by atoms with Gasteiger partial charge in [-0.1, -0.05) is 6.07 Å². The molecule has 1 aromatic heterocycles. The van der Waals surface area contributed by atoms with Gasteiger partial charge in [-0.3, -0.25) is 14.5 Å². The van der Waals surface area contributed by atoms with Crippen molar-refractivity contribution in [2.75, 3.05) is 62.1 Å². The van der Waals surface area contributed by atoms with Crippen molar-refractivity contribution in [1.82, 2.24) is 19.8 Å². The van der Waals surface area contributed by atoms with Crippen LogP contribution in [0.4, 0.5) is 17.5 Å². The fourth-order valence-corrected chi connectivity index (χ4v) is 8.06. The van der Waals surface area contributed by atoms with E-state index in [0.717, 1.165) is 80.9 Å². The first kappa shape index (κ1) is 33.5. The number of esters is 1. The van der Waals surface area contributed by atoms with E-state index < -0.39 is 9.84 Å². The lowest BCUT2D eigenvalue weighted by Gasteiger charge is -2.36. The number of carbonyl (C=O) groups excluding carboxylic acids is 2. The lowest BCUT2D eigenvalue weighted by Crippen LogP contribution is -2.46.